The summed E-state index contributed by atoms with van der Waals surface area (Å²) in [5.74, 6) is -0.513. The van der Waals surface area contributed by atoms with Crippen LogP contribution in [-0.4, -0.2) is 36.9 Å². The highest BCUT2D eigenvalue weighted by Crippen LogP contribution is 2.37. The van der Waals surface area contributed by atoms with Gasteiger partial charge in [0.15, 0.2) is 9.84 Å². The first kappa shape index (κ1) is 21.0. The molecule has 0 spiro atoms. The molecule has 29 heavy (non-hydrogen) atoms. The molecule has 0 atom stereocenters. The van der Waals surface area contributed by atoms with E-state index in [0.29, 0.717) is 30.1 Å². The molecule has 1 aromatic heterocycles. The smallest absolute Gasteiger partial charge is 0.256 e. The van der Waals surface area contributed by atoms with Gasteiger partial charge in [-0.05, 0) is 44.0 Å². The first-order chi connectivity index (χ1) is 13.6. The molecule has 3 rings (SSSR count). The van der Waals surface area contributed by atoms with Gasteiger partial charge >= 0.3 is 0 Å². The first-order valence-corrected chi connectivity index (χ1v) is 11.5. The molecule has 1 aliphatic heterocycles. The number of thiophene rings is 1. The largest absolute Gasteiger partial charge is 0.337 e. The molecule has 2 aromatic rings. The maximum absolute atomic E-state index is 12.7. The molecular formula is C20H21N3O4S2. The Bertz CT molecular complexity index is 1130. The predicted molar refractivity (Wildman–Crippen MR) is 111 cm³/mol. The second-order valence-corrected chi connectivity index (χ2v) is 10.7. The fourth-order valence-corrected chi connectivity index (χ4v) is 5.45. The number of hydrogen-bond acceptors (Lipinski definition) is 6. The maximum atomic E-state index is 12.7. The standard InChI is InChI=1S/C20H21N3O4S2/c1-12(2)29(26,27)15-6-4-5-14(9-15)19(25)22-20-17(10-21)16-7-8-23(13(3)24)11-18(16)28-20/h4-6,9,12H,7-8,11H2,1-3H3,(H,22,25). The van der Waals surface area contributed by atoms with Gasteiger partial charge < -0.3 is 10.2 Å². The first-order valence-electron chi connectivity index (χ1n) is 9.10. The number of nitriles is 1. The Labute approximate surface area is 173 Å². The van der Waals surface area contributed by atoms with Gasteiger partial charge in [0.2, 0.25) is 5.91 Å². The second kappa shape index (κ2) is 7.97. The number of sulfone groups is 1. The van der Waals surface area contributed by atoms with Crippen LogP contribution in [0.5, 0.6) is 0 Å². The summed E-state index contributed by atoms with van der Waals surface area (Å²) in [6, 6.07) is 8.03. The van der Waals surface area contributed by atoms with E-state index in [1.165, 1.54) is 42.5 Å². The highest BCUT2D eigenvalue weighted by molar-refractivity contribution is 7.92. The number of anilines is 1. The lowest BCUT2D eigenvalue weighted by Gasteiger charge is -2.25. The van der Waals surface area contributed by atoms with Crippen LogP contribution < -0.4 is 5.32 Å². The zero-order chi connectivity index (χ0) is 21.3. The van der Waals surface area contributed by atoms with E-state index in [0.717, 1.165) is 10.4 Å². The van der Waals surface area contributed by atoms with Crippen molar-refractivity contribution >= 4 is 38.0 Å². The van der Waals surface area contributed by atoms with E-state index in [1.54, 1.807) is 18.7 Å². The second-order valence-electron chi connectivity index (χ2n) is 7.09. The lowest BCUT2D eigenvalue weighted by Crippen LogP contribution is -2.33. The number of benzene rings is 1. The molecule has 2 heterocycles. The van der Waals surface area contributed by atoms with Crippen LogP contribution in [0.15, 0.2) is 29.2 Å². The minimum atomic E-state index is -3.50. The molecule has 2 amide bonds. The van der Waals surface area contributed by atoms with Crippen LogP contribution in [0, 0.1) is 11.3 Å². The van der Waals surface area contributed by atoms with Crippen molar-refractivity contribution in [3.05, 3.63) is 45.8 Å². The number of nitrogens with one attached hydrogen (secondary N) is 1. The van der Waals surface area contributed by atoms with Crippen LogP contribution in [0.2, 0.25) is 0 Å². The minimum absolute atomic E-state index is 0.0312. The third-order valence-electron chi connectivity index (χ3n) is 4.89. The minimum Gasteiger partial charge on any atom is -0.337 e. The summed E-state index contributed by atoms with van der Waals surface area (Å²) < 4.78 is 24.8. The summed E-state index contributed by atoms with van der Waals surface area (Å²) in [7, 11) is -3.50. The van der Waals surface area contributed by atoms with Crippen LogP contribution in [0.1, 0.15) is 47.1 Å². The third-order valence-corrected chi connectivity index (χ3v) is 8.17. The Morgan fingerprint density at radius 2 is 2.03 bits per heavy atom. The van der Waals surface area contributed by atoms with Gasteiger partial charge in [-0.3, -0.25) is 9.59 Å². The molecule has 1 aromatic carbocycles. The van der Waals surface area contributed by atoms with Gasteiger partial charge in [0.1, 0.15) is 11.1 Å². The van der Waals surface area contributed by atoms with Crippen LogP contribution in [-0.2, 0) is 27.6 Å². The molecular weight excluding hydrogens is 410 g/mol. The van der Waals surface area contributed by atoms with Gasteiger partial charge in [0.05, 0.1) is 22.3 Å². The number of rotatable bonds is 4. The summed E-state index contributed by atoms with van der Waals surface area (Å²) in [5.41, 5.74) is 1.47. The predicted octanol–water partition coefficient (Wildman–Crippen LogP) is 2.96. The van der Waals surface area contributed by atoms with E-state index in [2.05, 4.69) is 11.4 Å². The highest BCUT2D eigenvalue weighted by Gasteiger charge is 2.27. The lowest BCUT2D eigenvalue weighted by atomic mass is 10.0. The molecule has 0 bridgehead atoms. The molecule has 1 aliphatic rings. The Morgan fingerprint density at radius 1 is 1.31 bits per heavy atom. The van der Waals surface area contributed by atoms with Gasteiger partial charge in [0.25, 0.3) is 5.91 Å². The summed E-state index contributed by atoms with van der Waals surface area (Å²) >= 11 is 1.28. The molecule has 1 N–H and O–H groups in total. The average Bonchev–Trinajstić information content (AvgIpc) is 3.03. The summed E-state index contributed by atoms with van der Waals surface area (Å²) in [4.78, 5) is 27.1. The SMILES string of the molecule is CC(=O)N1CCc2c(sc(NC(=O)c3cccc(S(=O)(=O)C(C)C)c3)c2C#N)C1. The van der Waals surface area contributed by atoms with Gasteiger partial charge in [-0.1, -0.05) is 6.07 Å². The van der Waals surface area contributed by atoms with Crippen LogP contribution in [0.4, 0.5) is 5.00 Å². The van der Waals surface area contributed by atoms with E-state index in [1.807, 2.05) is 0 Å². The van der Waals surface area contributed by atoms with Crippen molar-refractivity contribution in [1.82, 2.24) is 4.90 Å². The molecule has 0 saturated carbocycles. The fourth-order valence-electron chi connectivity index (χ4n) is 3.14. The fraction of sp³-hybridized carbons (Fsp3) is 0.350. The zero-order valence-electron chi connectivity index (χ0n) is 16.4. The van der Waals surface area contributed by atoms with Crippen molar-refractivity contribution in [2.75, 3.05) is 11.9 Å². The van der Waals surface area contributed by atoms with Crippen molar-refractivity contribution in [3.8, 4) is 6.07 Å². The normalized spacial score (nSPS) is 13.7. The number of carbonyl (C=O) groups excluding carboxylic acids is 2. The molecule has 0 fully saturated rings. The van der Waals surface area contributed by atoms with Crippen LogP contribution in [0.3, 0.4) is 0 Å². The van der Waals surface area contributed by atoms with Crippen molar-refractivity contribution in [2.45, 2.75) is 43.9 Å². The molecule has 0 saturated heterocycles. The van der Waals surface area contributed by atoms with Gasteiger partial charge in [0, 0.05) is 23.9 Å². The molecule has 0 aliphatic carbocycles. The van der Waals surface area contributed by atoms with Crippen molar-refractivity contribution in [2.24, 2.45) is 0 Å². The van der Waals surface area contributed by atoms with E-state index in [-0.39, 0.29) is 16.4 Å². The van der Waals surface area contributed by atoms with Crippen molar-refractivity contribution < 1.29 is 18.0 Å². The summed E-state index contributed by atoms with van der Waals surface area (Å²) in [5, 5.41) is 12.1. The summed E-state index contributed by atoms with van der Waals surface area (Å²) in [6.07, 6.45) is 0.562. The number of fused-ring (bicyclic) bond motifs is 1. The van der Waals surface area contributed by atoms with E-state index in [4.69, 9.17) is 0 Å². The number of hydrogen-bond donors (Lipinski definition) is 1. The number of carbonyl (C=O) groups is 2. The van der Waals surface area contributed by atoms with Crippen molar-refractivity contribution in [1.29, 1.82) is 5.26 Å². The molecule has 0 radical (unpaired) electrons. The van der Waals surface area contributed by atoms with Crippen molar-refractivity contribution in [3.63, 3.8) is 0 Å². The lowest BCUT2D eigenvalue weighted by molar-refractivity contribution is -0.129. The zero-order valence-corrected chi connectivity index (χ0v) is 18.0. The Balaban J connectivity index is 1.89. The average molecular weight is 432 g/mol. The van der Waals surface area contributed by atoms with Gasteiger partial charge in [-0.15, -0.1) is 11.3 Å². The number of amides is 2. The topological polar surface area (TPSA) is 107 Å². The van der Waals surface area contributed by atoms with Crippen LogP contribution in [0.25, 0.3) is 0 Å². The van der Waals surface area contributed by atoms with Crippen LogP contribution >= 0.6 is 11.3 Å². The Kier molecular flexibility index (Phi) is 5.78. The van der Waals surface area contributed by atoms with Gasteiger partial charge in [-0.25, -0.2) is 8.42 Å². The Morgan fingerprint density at radius 3 is 2.66 bits per heavy atom. The van der Waals surface area contributed by atoms with Gasteiger partial charge in [-0.2, -0.15) is 5.26 Å². The quantitative estimate of drug-likeness (QED) is 0.801. The molecule has 0 unspecified atom stereocenters. The third kappa shape index (κ3) is 4.04. The monoisotopic (exact) mass is 431 g/mol. The van der Waals surface area contributed by atoms with E-state index < -0.39 is 21.0 Å². The summed E-state index contributed by atoms with van der Waals surface area (Å²) in [6.45, 7) is 5.63. The van der Waals surface area contributed by atoms with E-state index >= 15 is 0 Å². The van der Waals surface area contributed by atoms with E-state index in [9.17, 15) is 23.3 Å². The molecule has 9 heteroatoms. The molecule has 152 valence electrons. The number of nitrogens with zero attached hydrogens (tertiary/aromatic N) is 2. The Hall–Kier alpha value is -2.70. The maximum Gasteiger partial charge on any atom is 0.256 e. The molecule has 7 nitrogen and oxygen atoms in total. The highest BCUT2D eigenvalue weighted by atomic mass is 32.2.